The van der Waals surface area contributed by atoms with Crippen molar-refractivity contribution in [1.29, 1.82) is 0 Å². The van der Waals surface area contributed by atoms with Gasteiger partial charge in [0.1, 0.15) is 0 Å². The van der Waals surface area contributed by atoms with Crippen LogP contribution in [-0.2, 0) is 0 Å². The molecule has 6 heteroatoms. The highest BCUT2D eigenvalue weighted by Gasteiger charge is 2.11. The first-order valence-corrected chi connectivity index (χ1v) is 9.87. The van der Waals surface area contributed by atoms with E-state index < -0.39 is 0 Å². The Morgan fingerprint density at radius 2 is 1.95 bits per heavy atom. The Morgan fingerprint density at radius 1 is 1.14 bits per heavy atom. The summed E-state index contributed by atoms with van der Waals surface area (Å²) in [4.78, 5) is 17.9. The van der Waals surface area contributed by atoms with Gasteiger partial charge in [0.25, 0.3) is 5.91 Å². The summed E-state index contributed by atoms with van der Waals surface area (Å²) in [5.41, 5.74) is 2.46. The van der Waals surface area contributed by atoms with Gasteiger partial charge in [-0.25, -0.2) is 4.98 Å². The topological polar surface area (TPSA) is 42.0 Å². The van der Waals surface area contributed by atoms with Crippen molar-refractivity contribution in [2.45, 2.75) is 9.24 Å². The number of fused-ring (bicyclic) bond motifs is 1. The molecule has 0 saturated carbocycles. The first kappa shape index (κ1) is 15.4. The molecule has 0 fully saturated rings. The van der Waals surface area contributed by atoms with Crippen LogP contribution < -0.4 is 5.32 Å². The molecular weight excluding hydrogens is 332 g/mol. The molecule has 3 rings (SSSR count). The quantitative estimate of drug-likeness (QED) is 0.676. The number of hydrogen-bond acceptors (Lipinski definition) is 5. The van der Waals surface area contributed by atoms with Crippen LogP contribution in [0.15, 0.2) is 51.7 Å². The summed E-state index contributed by atoms with van der Waals surface area (Å²) in [6.07, 6.45) is 3.99. The van der Waals surface area contributed by atoms with Crippen LogP contribution in [0, 0.1) is 0 Å². The third-order valence-electron chi connectivity index (χ3n) is 3.15. The van der Waals surface area contributed by atoms with Gasteiger partial charge in [-0.15, -0.1) is 23.1 Å². The molecule has 3 nitrogen and oxygen atoms in total. The summed E-state index contributed by atoms with van der Waals surface area (Å²) in [6.45, 7) is 0. The Balaban J connectivity index is 1.87. The van der Waals surface area contributed by atoms with E-state index in [1.165, 1.54) is 0 Å². The van der Waals surface area contributed by atoms with E-state index >= 15 is 0 Å². The van der Waals surface area contributed by atoms with Gasteiger partial charge in [0.2, 0.25) is 0 Å². The SMILES string of the molecule is CSc1nc2ccc(NC(=O)c3ccccc3SC)cc2s1. The minimum absolute atomic E-state index is 0.0843. The third kappa shape index (κ3) is 3.14. The number of aromatic nitrogens is 1. The van der Waals surface area contributed by atoms with Gasteiger partial charge in [-0.3, -0.25) is 4.79 Å². The highest BCUT2D eigenvalue weighted by molar-refractivity contribution is 8.00. The molecular formula is C16H14N2OS3. The first-order valence-electron chi connectivity index (χ1n) is 6.60. The zero-order valence-electron chi connectivity index (χ0n) is 12.1. The van der Waals surface area contributed by atoms with E-state index in [9.17, 15) is 4.79 Å². The molecule has 0 radical (unpaired) electrons. The number of carbonyl (C=O) groups is 1. The summed E-state index contributed by atoms with van der Waals surface area (Å²) < 4.78 is 2.12. The molecule has 0 saturated heterocycles. The maximum atomic E-state index is 12.5. The number of nitrogens with zero attached hydrogens (tertiary/aromatic N) is 1. The predicted molar refractivity (Wildman–Crippen MR) is 97.6 cm³/mol. The number of anilines is 1. The predicted octanol–water partition coefficient (Wildman–Crippen LogP) is 4.99. The van der Waals surface area contributed by atoms with Crippen LogP contribution in [0.5, 0.6) is 0 Å². The lowest BCUT2D eigenvalue weighted by Crippen LogP contribution is -2.12. The van der Waals surface area contributed by atoms with Crippen LogP contribution in [0.4, 0.5) is 5.69 Å². The zero-order valence-corrected chi connectivity index (χ0v) is 14.6. The van der Waals surface area contributed by atoms with Crippen molar-refractivity contribution >= 4 is 56.7 Å². The second kappa shape index (κ2) is 6.73. The van der Waals surface area contributed by atoms with Gasteiger partial charge >= 0.3 is 0 Å². The average molecular weight is 347 g/mol. The summed E-state index contributed by atoms with van der Waals surface area (Å²) in [6, 6.07) is 13.4. The maximum absolute atomic E-state index is 12.5. The summed E-state index contributed by atoms with van der Waals surface area (Å²) in [5, 5.41) is 2.97. The summed E-state index contributed by atoms with van der Waals surface area (Å²) >= 11 is 4.84. The van der Waals surface area contributed by atoms with Gasteiger partial charge < -0.3 is 5.32 Å². The minimum Gasteiger partial charge on any atom is -0.322 e. The van der Waals surface area contributed by atoms with E-state index in [4.69, 9.17) is 0 Å². The van der Waals surface area contributed by atoms with Crippen molar-refractivity contribution in [3.63, 3.8) is 0 Å². The normalized spacial score (nSPS) is 10.8. The second-order valence-electron chi connectivity index (χ2n) is 4.52. The molecule has 0 unspecified atom stereocenters. The Hall–Kier alpha value is -1.50. The molecule has 1 heterocycles. The molecule has 2 aromatic carbocycles. The molecule has 112 valence electrons. The van der Waals surface area contributed by atoms with Crippen LogP contribution in [0.25, 0.3) is 10.2 Å². The molecule has 22 heavy (non-hydrogen) atoms. The summed E-state index contributed by atoms with van der Waals surface area (Å²) in [5.74, 6) is -0.0843. The van der Waals surface area contributed by atoms with E-state index in [-0.39, 0.29) is 5.91 Å². The Labute approximate surface area is 141 Å². The maximum Gasteiger partial charge on any atom is 0.256 e. The molecule has 3 aromatic rings. The number of hydrogen-bond donors (Lipinski definition) is 1. The average Bonchev–Trinajstić information content (AvgIpc) is 2.97. The van der Waals surface area contributed by atoms with Crippen LogP contribution in [0.1, 0.15) is 10.4 Å². The lowest BCUT2D eigenvalue weighted by atomic mass is 10.2. The minimum atomic E-state index is -0.0843. The Bertz CT molecular complexity index is 829. The van der Waals surface area contributed by atoms with E-state index in [0.29, 0.717) is 5.56 Å². The lowest BCUT2D eigenvalue weighted by Gasteiger charge is -2.08. The van der Waals surface area contributed by atoms with E-state index in [2.05, 4.69) is 10.3 Å². The molecule has 0 aliphatic heterocycles. The van der Waals surface area contributed by atoms with E-state index in [0.717, 1.165) is 25.1 Å². The van der Waals surface area contributed by atoms with Gasteiger partial charge in [0.15, 0.2) is 4.34 Å². The van der Waals surface area contributed by atoms with Gasteiger partial charge in [-0.2, -0.15) is 0 Å². The second-order valence-corrected chi connectivity index (χ2v) is 7.45. The standard InChI is InChI=1S/C16H14N2OS3/c1-20-13-6-4-3-5-11(13)15(19)17-10-7-8-12-14(9-10)22-16(18-12)21-2/h3-9H,1-2H3,(H,17,19). The van der Waals surface area contributed by atoms with Crippen molar-refractivity contribution < 1.29 is 4.79 Å². The highest BCUT2D eigenvalue weighted by Crippen LogP contribution is 2.30. The van der Waals surface area contributed by atoms with Gasteiger partial charge in [0, 0.05) is 10.6 Å². The van der Waals surface area contributed by atoms with Crippen LogP contribution in [-0.4, -0.2) is 23.4 Å². The fourth-order valence-electron chi connectivity index (χ4n) is 2.10. The zero-order chi connectivity index (χ0) is 15.5. The van der Waals surface area contributed by atoms with Crippen molar-refractivity contribution in [2.75, 3.05) is 17.8 Å². The molecule has 0 atom stereocenters. The molecule has 0 aliphatic carbocycles. The highest BCUT2D eigenvalue weighted by atomic mass is 32.2. The molecule has 0 aliphatic rings. The van der Waals surface area contributed by atoms with Gasteiger partial charge in [-0.05, 0) is 42.8 Å². The number of amides is 1. The lowest BCUT2D eigenvalue weighted by molar-refractivity contribution is 0.102. The molecule has 1 aromatic heterocycles. The first-order chi connectivity index (χ1) is 10.7. The molecule has 0 spiro atoms. The van der Waals surface area contributed by atoms with Crippen molar-refractivity contribution in [1.82, 2.24) is 4.98 Å². The van der Waals surface area contributed by atoms with Gasteiger partial charge in [-0.1, -0.05) is 23.9 Å². The van der Waals surface area contributed by atoms with E-state index in [1.54, 1.807) is 34.9 Å². The number of carbonyl (C=O) groups excluding carboxylic acids is 1. The Kier molecular flexibility index (Phi) is 4.71. The molecule has 0 bridgehead atoms. The fourth-order valence-corrected chi connectivity index (χ4v) is 4.22. The van der Waals surface area contributed by atoms with Crippen molar-refractivity contribution in [3.8, 4) is 0 Å². The fraction of sp³-hybridized carbons (Fsp3) is 0.125. The number of nitrogens with one attached hydrogen (secondary N) is 1. The summed E-state index contributed by atoms with van der Waals surface area (Å²) in [7, 11) is 0. The molecule has 1 N–H and O–H groups in total. The number of thioether (sulfide) groups is 2. The molecule has 1 amide bonds. The third-order valence-corrected chi connectivity index (χ3v) is 5.95. The number of thiazole rings is 1. The largest absolute Gasteiger partial charge is 0.322 e. The Morgan fingerprint density at radius 3 is 2.73 bits per heavy atom. The van der Waals surface area contributed by atoms with Gasteiger partial charge in [0.05, 0.1) is 15.8 Å². The van der Waals surface area contributed by atoms with Crippen molar-refractivity contribution in [3.05, 3.63) is 48.0 Å². The number of benzene rings is 2. The monoisotopic (exact) mass is 346 g/mol. The van der Waals surface area contributed by atoms with Crippen molar-refractivity contribution in [2.24, 2.45) is 0 Å². The van der Waals surface area contributed by atoms with E-state index in [1.807, 2.05) is 55.0 Å². The number of rotatable bonds is 4. The van der Waals surface area contributed by atoms with Crippen LogP contribution in [0.3, 0.4) is 0 Å². The smallest absolute Gasteiger partial charge is 0.256 e. The van der Waals surface area contributed by atoms with Crippen LogP contribution in [0.2, 0.25) is 0 Å². The van der Waals surface area contributed by atoms with Crippen LogP contribution >= 0.6 is 34.9 Å².